The number of fused-ring (bicyclic) bond motifs is 3. The second kappa shape index (κ2) is 6.76. The summed E-state index contributed by atoms with van der Waals surface area (Å²) in [5.41, 5.74) is 3.81. The lowest BCUT2D eigenvalue weighted by Crippen LogP contribution is -2.22. The molecule has 4 heterocycles. The van der Waals surface area contributed by atoms with Crippen molar-refractivity contribution in [3.8, 4) is 22.6 Å². The number of aromatic nitrogens is 6. The Kier molecular flexibility index (Phi) is 4.14. The molecule has 31 heavy (non-hydrogen) atoms. The minimum Gasteiger partial charge on any atom is -0.496 e. The lowest BCUT2D eigenvalue weighted by atomic mass is 10.0. The number of methoxy groups -OCH3 is 1. The third kappa shape index (κ3) is 2.73. The van der Waals surface area contributed by atoms with Gasteiger partial charge in [-0.2, -0.15) is 5.10 Å². The molecule has 0 atom stereocenters. The monoisotopic (exact) mass is 418 g/mol. The van der Waals surface area contributed by atoms with Crippen LogP contribution in [0.2, 0.25) is 0 Å². The van der Waals surface area contributed by atoms with Crippen LogP contribution in [0.3, 0.4) is 0 Å². The van der Waals surface area contributed by atoms with Crippen molar-refractivity contribution in [2.45, 2.75) is 6.92 Å². The maximum Gasteiger partial charge on any atom is 0.333 e. The summed E-state index contributed by atoms with van der Waals surface area (Å²) in [6, 6.07) is 3.72. The number of hydrogen-bond acceptors (Lipinski definition) is 5. The van der Waals surface area contributed by atoms with Gasteiger partial charge in [-0.15, -0.1) is 0 Å². The van der Waals surface area contributed by atoms with Crippen molar-refractivity contribution in [2.75, 3.05) is 7.11 Å². The molecule has 0 saturated heterocycles. The van der Waals surface area contributed by atoms with Gasteiger partial charge in [-0.25, -0.2) is 9.18 Å². The van der Waals surface area contributed by atoms with E-state index in [4.69, 9.17) is 4.74 Å². The fourth-order valence-electron chi connectivity index (χ4n) is 4.00. The smallest absolute Gasteiger partial charge is 0.333 e. The molecule has 0 aliphatic rings. The Morgan fingerprint density at radius 1 is 1.10 bits per heavy atom. The van der Waals surface area contributed by atoms with Gasteiger partial charge in [-0.1, -0.05) is 0 Å². The van der Waals surface area contributed by atoms with Gasteiger partial charge in [0.15, 0.2) is 5.82 Å². The molecule has 8 nitrogen and oxygen atoms in total. The van der Waals surface area contributed by atoms with Gasteiger partial charge in [-0.3, -0.25) is 23.8 Å². The van der Waals surface area contributed by atoms with Gasteiger partial charge in [0.05, 0.1) is 47.9 Å². The number of halogens is 1. The number of hydrogen-bond donors (Lipinski definition) is 0. The van der Waals surface area contributed by atoms with E-state index < -0.39 is 5.82 Å². The standard InChI is InChI=1S/C22H19FN6O2/c1-12-7-24-9-16(23)20(12)29-21-15-5-14(13-8-26-27(2)11-13)19(31-4)6-17(15)25-10-18(21)28(3)22(29)30/h5-11H,1-4H3. The first kappa shape index (κ1) is 19.0. The maximum absolute atomic E-state index is 14.8. The van der Waals surface area contributed by atoms with E-state index in [2.05, 4.69) is 15.1 Å². The first-order valence-electron chi connectivity index (χ1n) is 9.58. The van der Waals surface area contributed by atoms with Gasteiger partial charge >= 0.3 is 5.69 Å². The van der Waals surface area contributed by atoms with Crippen molar-refractivity contribution < 1.29 is 9.13 Å². The first-order valence-corrected chi connectivity index (χ1v) is 9.58. The zero-order valence-electron chi connectivity index (χ0n) is 17.4. The van der Waals surface area contributed by atoms with E-state index in [0.717, 1.165) is 17.3 Å². The Balaban J connectivity index is 1.97. The first-order chi connectivity index (χ1) is 14.9. The van der Waals surface area contributed by atoms with Crippen molar-refractivity contribution >= 4 is 21.9 Å². The summed E-state index contributed by atoms with van der Waals surface area (Å²) >= 11 is 0. The van der Waals surface area contributed by atoms with Gasteiger partial charge < -0.3 is 4.74 Å². The van der Waals surface area contributed by atoms with Crippen molar-refractivity contribution in [3.63, 3.8) is 0 Å². The van der Waals surface area contributed by atoms with Crippen LogP contribution < -0.4 is 10.4 Å². The van der Waals surface area contributed by atoms with Crippen LogP contribution in [-0.2, 0) is 14.1 Å². The molecule has 1 aromatic carbocycles. The largest absolute Gasteiger partial charge is 0.496 e. The van der Waals surface area contributed by atoms with Crippen LogP contribution in [-0.4, -0.2) is 36.0 Å². The van der Waals surface area contributed by atoms with Crippen molar-refractivity contribution in [3.05, 3.63) is 65.0 Å². The average molecular weight is 418 g/mol. The molecular weight excluding hydrogens is 399 g/mol. The highest BCUT2D eigenvalue weighted by Gasteiger charge is 2.21. The minimum atomic E-state index is -0.569. The summed E-state index contributed by atoms with van der Waals surface area (Å²) in [5, 5.41) is 4.95. The number of rotatable bonds is 3. The Bertz CT molecular complexity index is 1530. The molecule has 0 saturated carbocycles. The average Bonchev–Trinajstić information content (AvgIpc) is 3.29. The molecule has 4 aromatic heterocycles. The summed E-state index contributed by atoms with van der Waals surface area (Å²) in [7, 11) is 5.07. The SMILES string of the molecule is COc1cc2ncc3c(c2cc1-c1cnn(C)c1)n(-c1c(C)cncc1F)c(=O)n3C. The van der Waals surface area contributed by atoms with Gasteiger partial charge in [0.1, 0.15) is 5.75 Å². The number of nitrogens with zero attached hydrogens (tertiary/aromatic N) is 6. The third-order valence-electron chi connectivity index (χ3n) is 5.50. The van der Waals surface area contributed by atoms with Gasteiger partial charge in [-0.05, 0) is 18.6 Å². The highest BCUT2D eigenvalue weighted by atomic mass is 19.1. The highest BCUT2D eigenvalue weighted by molar-refractivity contribution is 6.05. The normalized spacial score (nSPS) is 11.5. The molecule has 5 aromatic rings. The summed E-state index contributed by atoms with van der Waals surface area (Å²) in [5.74, 6) is 0.0593. The minimum absolute atomic E-state index is 0.178. The molecule has 0 fully saturated rings. The summed E-state index contributed by atoms with van der Waals surface area (Å²) < 4.78 is 25.0. The predicted molar refractivity (Wildman–Crippen MR) is 115 cm³/mol. The number of ether oxygens (including phenoxy) is 1. The van der Waals surface area contributed by atoms with E-state index in [1.807, 2.05) is 25.4 Å². The number of pyridine rings is 2. The highest BCUT2D eigenvalue weighted by Crippen LogP contribution is 2.36. The van der Waals surface area contributed by atoms with Crippen LogP contribution in [0.25, 0.3) is 38.8 Å². The van der Waals surface area contributed by atoms with E-state index in [1.54, 1.807) is 38.2 Å². The molecule has 5 rings (SSSR count). The summed E-state index contributed by atoms with van der Waals surface area (Å²) in [4.78, 5) is 21.6. The Hall–Kier alpha value is -4.01. The molecule has 9 heteroatoms. The van der Waals surface area contributed by atoms with Gasteiger partial charge in [0.25, 0.3) is 0 Å². The predicted octanol–water partition coefficient (Wildman–Crippen LogP) is 3.13. The van der Waals surface area contributed by atoms with E-state index in [-0.39, 0.29) is 11.4 Å². The zero-order valence-corrected chi connectivity index (χ0v) is 17.4. The third-order valence-corrected chi connectivity index (χ3v) is 5.50. The van der Waals surface area contributed by atoms with Crippen LogP contribution >= 0.6 is 0 Å². The van der Waals surface area contributed by atoms with Crippen LogP contribution in [0.15, 0.2) is 47.9 Å². The van der Waals surface area contributed by atoms with E-state index in [1.165, 1.54) is 15.3 Å². The number of aryl methyl sites for hydroxylation is 3. The molecular formula is C22H19FN6O2. The molecule has 0 bridgehead atoms. The second-order valence-electron chi connectivity index (χ2n) is 7.43. The molecule has 0 amide bonds. The van der Waals surface area contributed by atoms with Crippen molar-refractivity contribution in [2.24, 2.45) is 14.1 Å². The molecule has 0 N–H and O–H groups in total. The second-order valence-corrected chi connectivity index (χ2v) is 7.43. The fourth-order valence-corrected chi connectivity index (χ4v) is 4.00. The maximum atomic E-state index is 14.8. The summed E-state index contributed by atoms with van der Waals surface area (Å²) in [6.45, 7) is 1.73. The zero-order chi connectivity index (χ0) is 21.9. The van der Waals surface area contributed by atoms with Crippen molar-refractivity contribution in [1.29, 1.82) is 0 Å². The van der Waals surface area contributed by atoms with Crippen LogP contribution in [0.5, 0.6) is 5.75 Å². The molecule has 0 aliphatic carbocycles. The molecule has 156 valence electrons. The van der Waals surface area contributed by atoms with E-state index >= 15 is 0 Å². The van der Waals surface area contributed by atoms with Crippen molar-refractivity contribution in [1.82, 2.24) is 28.9 Å². The Labute approximate surface area is 176 Å². The van der Waals surface area contributed by atoms with Crippen LogP contribution in [0.4, 0.5) is 4.39 Å². The molecule has 0 unspecified atom stereocenters. The molecule has 0 aliphatic heterocycles. The number of imidazole rings is 1. The Morgan fingerprint density at radius 3 is 2.58 bits per heavy atom. The van der Waals surface area contributed by atoms with Gasteiger partial charge in [0.2, 0.25) is 0 Å². The topological polar surface area (TPSA) is 79.8 Å². The lowest BCUT2D eigenvalue weighted by Gasteiger charge is -2.12. The van der Waals surface area contributed by atoms with Gasteiger partial charge in [0, 0.05) is 49.1 Å². The Morgan fingerprint density at radius 2 is 1.90 bits per heavy atom. The summed E-state index contributed by atoms with van der Waals surface area (Å²) in [6.07, 6.45) is 7.88. The number of benzene rings is 1. The molecule has 0 spiro atoms. The van der Waals surface area contributed by atoms with E-state index in [9.17, 15) is 9.18 Å². The quantitative estimate of drug-likeness (QED) is 0.450. The van der Waals surface area contributed by atoms with Crippen LogP contribution in [0.1, 0.15) is 5.56 Å². The molecule has 0 radical (unpaired) electrons. The lowest BCUT2D eigenvalue weighted by molar-refractivity contribution is 0.417. The van der Waals surface area contributed by atoms with Crippen LogP contribution in [0, 0.1) is 12.7 Å². The fraction of sp³-hybridized carbons (Fsp3) is 0.182. The van der Waals surface area contributed by atoms with E-state index in [0.29, 0.717) is 33.2 Å².